The van der Waals surface area contributed by atoms with Crippen LogP contribution >= 0.6 is 0 Å². The summed E-state index contributed by atoms with van der Waals surface area (Å²) in [5.41, 5.74) is 1.30. The molecule has 2 fully saturated rings. The van der Waals surface area contributed by atoms with Crippen LogP contribution in [0.15, 0.2) is 12.1 Å². The number of aromatic nitrogens is 1. The summed E-state index contributed by atoms with van der Waals surface area (Å²) in [4.78, 5) is 18.1. The van der Waals surface area contributed by atoms with E-state index in [1.54, 1.807) is 12.1 Å². The van der Waals surface area contributed by atoms with Crippen molar-refractivity contribution in [3.8, 4) is 6.07 Å². The molecule has 5 nitrogen and oxygen atoms in total. The molecule has 0 radical (unpaired) electrons. The Kier molecular flexibility index (Phi) is 3.54. The molecule has 3 atom stereocenters. The van der Waals surface area contributed by atoms with Gasteiger partial charge in [0.1, 0.15) is 11.9 Å². The molecule has 2 heterocycles. The van der Waals surface area contributed by atoms with Gasteiger partial charge in [0.25, 0.3) is 0 Å². The molecule has 0 aromatic carbocycles. The van der Waals surface area contributed by atoms with Crippen molar-refractivity contribution in [1.82, 2.24) is 4.98 Å². The largest absolute Gasteiger partial charge is 0.480 e. The van der Waals surface area contributed by atoms with Crippen molar-refractivity contribution in [2.24, 2.45) is 5.92 Å². The monoisotopic (exact) mass is 285 g/mol. The van der Waals surface area contributed by atoms with Crippen molar-refractivity contribution < 1.29 is 9.90 Å². The Labute approximate surface area is 124 Å². The van der Waals surface area contributed by atoms with E-state index in [2.05, 4.69) is 11.1 Å². The fourth-order valence-electron chi connectivity index (χ4n) is 3.86. The van der Waals surface area contributed by atoms with Gasteiger partial charge in [-0.15, -0.1) is 0 Å². The first-order chi connectivity index (χ1) is 10.1. The highest BCUT2D eigenvalue weighted by atomic mass is 16.4. The van der Waals surface area contributed by atoms with E-state index in [1.165, 1.54) is 6.42 Å². The highest BCUT2D eigenvalue weighted by molar-refractivity contribution is 5.79. The van der Waals surface area contributed by atoms with E-state index in [4.69, 9.17) is 5.26 Å². The highest BCUT2D eigenvalue weighted by Crippen LogP contribution is 2.42. The zero-order valence-corrected chi connectivity index (χ0v) is 12.1. The predicted molar refractivity (Wildman–Crippen MR) is 78.0 cm³/mol. The van der Waals surface area contributed by atoms with E-state index in [0.717, 1.165) is 25.0 Å². The number of nitrogens with zero attached hydrogens (tertiary/aromatic N) is 3. The second-order valence-electron chi connectivity index (χ2n) is 6.08. The quantitative estimate of drug-likeness (QED) is 0.903. The van der Waals surface area contributed by atoms with Crippen LogP contribution in [0.2, 0.25) is 0 Å². The third-order valence-corrected chi connectivity index (χ3v) is 4.71. The molecule has 5 heteroatoms. The Bertz CT molecular complexity index is 608. The summed E-state index contributed by atoms with van der Waals surface area (Å²) < 4.78 is 0. The SMILES string of the molecule is Cc1cc(C#N)cc(N2C(C(=O)O)CC3CCCCC32)n1. The topological polar surface area (TPSA) is 77.2 Å². The van der Waals surface area contributed by atoms with Crippen LogP contribution in [-0.2, 0) is 4.79 Å². The Morgan fingerprint density at radius 3 is 2.90 bits per heavy atom. The number of pyridine rings is 1. The molecule has 110 valence electrons. The first-order valence-electron chi connectivity index (χ1n) is 7.50. The minimum Gasteiger partial charge on any atom is -0.480 e. The van der Waals surface area contributed by atoms with Crippen molar-refractivity contribution in [2.45, 2.75) is 51.1 Å². The molecule has 1 aromatic heterocycles. The van der Waals surface area contributed by atoms with Crippen LogP contribution in [-0.4, -0.2) is 28.1 Å². The number of carbonyl (C=O) groups is 1. The van der Waals surface area contributed by atoms with Crippen LogP contribution < -0.4 is 4.90 Å². The molecular weight excluding hydrogens is 266 g/mol. The maximum absolute atomic E-state index is 11.6. The smallest absolute Gasteiger partial charge is 0.326 e. The fourth-order valence-corrected chi connectivity index (χ4v) is 3.86. The second-order valence-corrected chi connectivity index (χ2v) is 6.08. The summed E-state index contributed by atoms with van der Waals surface area (Å²) in [6.07, 6.45) is 5.14. The summed E-state index contributed by atoms with van der Waals surface area (Å²) >= 11 is 0. The zero-order valence-electron chi connectivity index (χ0n) is 12.1. The standard InChI is InChI=1S/C16H19N3O2/c1-10-6-11(9-17)7-15(18-10)19-13-5-3-2-4-12(13)8-14(19)16(20)21/h6-7,12-14H,2-5,8H2,1H3,(H,20,21). The van der Waals surface area contributed by atoms with Gasteiger partial charge < -0.3 is 10.0 Å². The zero-order chi connectivity index (χ0) is 15.0. The van der Waals surface area contributed by atoms with Crippen molar-refractivity contribution in [1.29, 1.82) is 5.26 Å². The summed E-state index contributed by atoms with van der Waals surface area (Å²) in [6, 6.07) is 5.32. The van der Waals surface area contributed by atoms with Gasteiger partial charge in [-0.3, -0.25) is 0 Å². The third kappa shape index (κ3) is 2.46. The first kappa shape index (κ1) is 13.9. The molecule has 1 saturated carbocycles. The molecular formula is C16H19N3O2. The number of fused-ring (bicyclic) bond motifs is 1. The van der Waals surface area contributed by atoms with Crippen LogP contribution in [0, 0.1) is 24.2 Å². The molecule has 0 bridgehead atoms. The summed E-state index contributed by atoms with van der Waals surface area (Å²) in [6.45, 7) is 1.84. The molecule has 1 N–H and O–H groups in total. The normalized spacial score (nSPS) is 28.0. The Morgan fingerprint density at radius 1 is 1.43 bits per heavy atom. The van der Waals surface area contributed by atoms with Gasteiger partial charge in [-0.05, 0) is 44.2 Å². The molecule has 0 spiro atoms. The van der Waals surface area contributed by atoms with Crippen LogP contribution in [0.5, 0.6) is 0 Å². The average Bonchev–Trinajstić information content (AvgIpc) is 2.86. The number of rotatable bonds is 2. The van der Waals surface area contributed by atoms with E-state index < -0.39 is 12.0 Å². The van der Waals surface area contributed by atoms with E-state index in [0.29, 0.717) is 23.7 Å². The van der Waals surface area contributed by atoms with Crippen molar-refractivity contribution in [3.63, 3.8) is 0 Å². The lowest BCUT2D eigenvalue weighted by Gasteiger charge is -2.34. The Balaban J connectivity index is 2.02. The maximum atomic E-state index is 11.6. The molecule has 3 unspecified atom stereocenters. The van der Waals surface area contributed by atoms with E-state index in [9.17, 15) is 9.90 Å². The lowest BCUT2D eigenvalue weighted by Crippen LogP contribution is -2.43. The van der Waals surface area contributed by atoms with Gasteiger partial charge in [-0.2, -0.15) is 5.26 Å². The lowest BCUT2D eigenvalue weighted by molar-refractivity contribution is -0.138. The summed E-state index contributed by atoms with van der Waals surface area (Å²) in [5.74, 6) is 0.298. The molecule has 1 aromatic rings. The number of carboxylic acids is 1. The van der Waals surface area contributed by atoms with Gasteiger partial charge >= 0.3 is 5.97 Å². The van der Waals surface area contributed by atoms with Crippen molar-refractivity contribution in [2.75, 3.05) is 4.90 Å². The fraction of sp³-hybridized carbons (Fsp3) is 0.562. The third-order valence-electron chi connectivity index (χ3n) is 4.71. The van der Waals surface area contributed by atoms with Gasteiger partial charge in [-0.25, -0.2) is 9.78 Å². The van der Waals surface area contributed by atoms with Gasteiger partial charge in [0.15, 0.2) is 0 Å². The number of carboxylic acid groups (broad SMARTS) is 1. The molecule has 1 aliphatic heterocycles. The number of nitriles is 1. The molecule has 21 heavy (non-hydrogen) atoms. The maximum Gasteiger partial charge on any atom is 0.326 e. The van der Waals surface area contributed by atoms with Gasteiger partial charge in [0.05, 0.1) is 11.6 Å². The van der Waals surface area contributed by atoms with Gasteiger partial charge in [0.2, 0.25) is 0 Å². The average molecular weight is 285 g/mol. The van der Waals surface area contributed by atoms with Crippen LogP contribution in [0.25, 0.3) is 0 Å². The number of aliphatic carboxylic acids is 1. The molecule has 3 rings (SSSR count). The van der Waals surface area contributed by atoms with Gasteiger partial charge in [0, 0.05) is 11.7 Å². The minimum atomic E-state index is -0.786. The van der Waals surface area contributed by atoms with E-state index in [-0.39, 0.29) is 6.04 Å². The molecule has 1 saturated heterocycles. The summed E-state index contributed by atoms with van der Waals surface area (Å²) in [7, 11) is 0. The first-order valence-corrected chi connectivity index (χ1v) is 7.50. The second kappa shape index (κ2) is 5.36. The number of aryl methyl sites for hydroxylation is 1. The summed E-state index contributed by atoms with van der Waals surface area (Å²) in [5, 5.41) is 18.7. The van der Waals surface area contributed by atoms with Gasteiger partial charge in [-0.1, -0.05) is 12.8 Å². The van der Waals surface area contributed by atoms with Crippen molar-refractivity contribution >= 4 is 11.8 Å². The molecule has 2 aliphatic rings. The number of hydrogen-bond donors (Lipinski definition) is 1. The van der Waals surface area contributed by atoms with Crippen LogP contribution in [0.3, 0.4) is 0 Å². The molecule has 1 aliphatic carbocycles. The van der Waals surface area contributed by atoms with E-state index >= 15 is 0 Å². The van der Waals surface area contributed by atoms with E-state index in [1.807, 2.05) is 11.8 Å². The lowest BCUT2D eigenvalue weighted by atomic mass is 9.85. The van der Waals surface area contributed by atoms with Crippen molar-refractivity contribution in [3.05, 3.63) is 23.4 Å². The van der Waals surface area contributed by atoms with Crippen LogP contribution in [0.1, 0.15) is 43.4 Å². The highest BCUT2D eigenvalue weighted by Gasteiger charge is 2.45. The Hall–Kier alpha value is -2.09. The number of hydrogen-bond acceptors (Lipinski definition) is 4. The minimum absolute atomic E-state index is 0.251. The van der Waals surface area contributed by atoms with Crippen LogP contribution in [0.4, 0.5) is 5.82 Å². The predicted octanol–water partition coefficient (Wildman–Crippen LogP) is 2.48. The number of anilines is 1. The molecule has 0 amide bonds. The Morgan fingerprint density at radius 2 is 2.19 bits per heavy atom.